The highest BCUT2D eigenvalue weighted by molar-refractivity contribution is 5.89. The molecule has 122 valence electrons. The van der Waals surface area contributed by atoms with Crippen molar-refractivity contribution in [3.05, 3.63) is 47.8 Å². The third kappa shape index (κ3) is 3.22. The minimum absolute atomic E-state index is 0.115. The Bertz CT molecular complexity index is 682. The molecule has 1 heterocycles. The molecule has 3 rings (SSSR count). The van der Waals surface area contributed by atoms with Gasteiger partial charge in [0.25, 0.3) is 6.43 Å². The zero-order valence-electron chi connectivity index (χ0n) is 12.1. The molecule has 0 saturated heterocycles. The Balaban J connectivity index is 1.55. The summed E-state index contributed by atoms with van der Waals surface area (Å²) in [5.74, 6) is -0.465. The molecule has 6 nitrogen and oxygen atoms in total. The number of hydrogen-bond acceptors (Lipinski definition) is 4. The molecule has 0 amide bonds. The van der Waals surface area contributed by atoms with Crippen LogP contribution >= 0.6 is 0 Å². The summed E-state index contributed by atoms with van der Waals surface area (Å²) >= 11 is 0. The summed E-state index contributed by atoms with van der Waals surface area (Å²) < 4.78 is 32.3. The van der Waals surface area contributed by atoms with E-state index in [9.17, 15) is 13.6 Å². The summed E-state index contributed by atoms with van der Waals surface area (Å²) in [4.78, 5) is 12.0. The van der Waals surface area contributed by atoms with Crippen molar-refractivity contribution in [3.8, 4) is 0 Å². The number of carbonyl (C=O) groups excluding carboxylic acids is 1. The monoisotopic (exact) mass is 324 g/mol. The van der Waals surface area contributed by atoms with Crippen LogP contribution in [-0.4, -0.2) is 27.1 Å². The van der Waals surface area contributed by atoms with Crippen molar-refractivity contribution < 1.29 is 29.0 Å². The molecule has 0 atom stereocenters. The van der Waals surface area contributed by atoms with Crippen molar-refractivity contribution in [1.29, 1.82) is 0 Å². The van der Waals surface area contributed by atoms with Crippen molar-refractivity contribution >= 4 is 11.7 Å². The van der Waals surface area contributed by atoms with Crippen LogP contribution in [0.25, 0.3) is 0 Å². The van der Waals surface area contributed by atoms with Crippen molar-refractivity contribution in [2.75, 3.05) is 0 Å². The Morgan fingerprint density at radius 1 is 1.30 bits per heavy atom. The fraction of sp³-hybridized carbons (Fsp3) is 0.333. The molecular formula is C15H16F2N3O3+. The lowest BCUT2D eigenvalue weighted by molar-refractivity contribution is -0.825. The van der Waals surface area contributed by atoms with Crippen molar-refractivity contribution in [3.63, 3.8) is 0 Å². The second-order valence-electron chi connectivity index (χ2n) is 5.40. The predicted octanol–water partition coefficient (Wildman–Crippen LogP) is 1.97. The number of nitrogens with two attached hydrogens (primary N) is 1. The predicted molar refractivity (Wildman–Crippen MR) is 74.5 cm³/mol. The molecule has 1 aliphatic rings. The Morgan fingerprint density at radius 3 is 2.61 bits per heavy atom. The minimum atomic E-state index is -2.57. The number of carbonyl (C=O) groups is 1. The number of rotatable bonds is 5. The highest BCUT2D eigenvalue weighted by atomic mass is 19.3. The van der Waals surface area contributed by atoms with E-state index < -0.39 is 12.4 Å². The standard InChI is InChI=1S/C15H15F2N3O3/c16-14(17)13-5-6-18-20(13)11-7-12(8-11)23-15(21)9-1-3-10(19-22)4-2-9/h1-6,11-12,14,19,22H,7-8H2/p+1. The van der Waals surface area contributed by atoms with Gasteiger partial charge in [0.15, 0.2) is 5.69 Å². The van der Waals surface area contributed by atoms with E-state index in [0.29, 0.717) is 24.1 Å². The zero-order chi connectivity index (χ0) is 16.4. The number of hydrogen-bond donors (Lipinski definition) is 2. The van der Waals surface area contributed by atoms with Gasteiger partial charge in [0.2, 0.25) is 0 Å². The van der Waals surface area contributed by atoms with E-state index in [0.717, 1.165) is 5.48 Å². The number of halogens is 2. The van der Waals surface area contributed by atoms with Crippen LogP contribution in [0.3, 0.4) is 0 Å². The molecule has 1 fully saturated rings. The fourth-order valence-electron chi connectivity index (χ4n) is 2.56. The average molecular weight is 324 g/mol. The van der Waals surface area contributed by atoms with Gasteiger partial charge in [0.1, 0.15) is 11.8 Å². The topological polar surface area (TPSA) is 81.0 Å². The first kappa shape index (κ1) is 15.6. The largest absolute Gasteiger partial charge is 0.459 e. The van der Waals surface area contributed by atoms with Crippen LogP contribution < -0.4 is 5.48 Å². The quantitative estimate of drug-likeness (QED) is 0.500. The summed E-state index contributed by atoms with van der Waals surface area (Å²) in [6, 6.07) is 7.44. The third-order valence-corrected chi connectivity index (χ3v) is 3.91. The molecule has 1 saturated carbocycles. The number of alkyl halides is 2. The van der Waals surface area contributed by atoms with Gasteiger partial charge in [-0.05, 0) is 18.2 Å². The molecule has 1 aromatic heterocycles. The average Bonchev–Trinajstić information content (AvgIpc) is 2.99. The summed E-state index contributed by atoms with van der Waals surface area (Å²) in [6.07, 6.45) is -0.585. The van der Waals surface area contributed by atoms with Gasteiger partial charge in [-0.15, -0.1) is 0 Å². The molecule has 2 aromatic rings. The van der Waals surface area contributed by atoms with E-state index >= 15 is 0 Å². The molecule has 3 N–H and O–H groups in total. The molecule has 1 aromatic carbocycles. The summed E-state index contributed by atoms with van der Waals surface area (Å²) in [5, 5.41) is 12.8. The van der Waals surface area contributed by atoms with Gasteiger partial charge in [-0.3, -0.25) is 4.68 Å². The van der Waals surface area contributed by atoms with Crippen LogP contribution in [0.1, 0.15) is 41.4 Å². The molecule has 0 aliphatic heterocycles. The van der Waals surface area contributed by atoms with E-state index in [-0.39, 0.29) is 17.8 Å². The molecule has 0 bridgehead atoms. The maximum absolute atomic E-state index is 12.8. The van der Waals surface area contributed by atoms with Crippen molar-refractivity contribution in [2.24, 2.45) is 0 Å². The van der Waals surface area contributed by atoms with E-state index in [2.05, 4.69) is 5.10 Å². The number of ether oxygens (including phenoxy) is 1. The molecule has 0 unspecified atom stereocenters. The third-order valence-electron chi connectivity index (χ3n) is 3.91. The number of nitrogens with zero attached hydrogens (tertiary/aromatic N) is 2. The Hall–Kier alpha value is -2.32. The van der Waals surface area contributed by atoms with Crippen molar-refractivity contribution in [1.82, 2.24) is 9.78 Å². The van der Waals surface area contributed by atoms with Gasteiger partial charge in [0, 0.05) is 31.2 Å². The maximum atomic E-state index is 12.8. The minimum Gasteiger partial charge on any atom is -0.459 e. The lowest BCUT2D eigenvalue weighted by atomic mass is 9.89. The first-order chi connectivity index (χ1) is 11.1. The van der Waals surface area contributed by atoms with Gasteiger partial charge in [-0.2, -0.15) is 10.6 Å². The van der Waals surface area contributed by atoms with Gasteiger partial charge in [0.05, 0.1) is 11.6 Å². The number of esters is 1. The Kier molecular flexibility index (Phi) is 4.35. The molecule has 0 radical (unpaired) electrons. The first-order valence-corrected chi connectivity index (χ1v) is 7.18. The second kappa shape index (κ2) is 6.43. The van der Waals surface area contributed by atoms with Gasteiger partial charge in [-0.25, -0.2) is 18.8 Å². The molecule has 23 heavy (non-hydrogen) atoms. The van der Waals surface area contributed by atoms with E-state index in [1.807, 2.05) is 0 Å². The Labute approximate surface area is 130 Å². The lowest BCUT2D eigenvalue weighted by Gasteiger charge is -2.35. The summed E-state index contributed by atoms with van der Waals surface area (Å²) in [5.41, 5.74) is 1.79. The second-order valence-corrected chi connectivity index (χ2v) is 5.40. The molecule has 1 aliphatic carbocycles. The van der Waals surface area contributed by atoms with E-state index in [4.69, 9.17) is 9.94 Å². The molecular weight excluding hydrogens is 308 g/mol. The van der Waals surface area contributed by atoms with Gasteiger partial charge >= 0.3 is 5.97 Å². The van der Waals surface area contributed by atoms with E-state index in [1.54, 1.807) is 24.3 Å². The SMILES string of the molecule is O=C(OC1CC(n2nccc2C(F)F)C1)c1ccc([NH2+]O)cc1. The van der Waals surface area contributed by atoms with Crippen molar-refractivity contribution in [2.45, 2.75) is 31.4 Å². The number of aromatic nitrogens is 2. The van der Waals surface area contributed by atoms with Crippen LogP contribution in [0, 0.1) is 0 Å². The van der Waals surface area contributed by atoms with Gasteiger partial charge in [-0.1, -0.05) is 0 Å². The van der Waals surface area contributed by atoms with Crippen LogP contribution in [0.5, 0.6) is 0 Å². The van der Waals surface area contributed by atoms with Crippen LogP contribution in [0.15, 0.2) is 36.5 Å². The van der Waals surface area contributed by atoms with Gasteiger partial charge < -0.3 is 4.74 Å². The molecule has 0 spiro atoms. The first-order valence-electron chi connectivity index (χ1n) is 7.18. The normalized spacial score (nSPS) is 20.3. The zero-order valence-corrected chi connectivity index (χ0v) is 12.1. The van der Waals surface area contributed by atoms with Crippen LogP contribution in [-0.2, 0) is 4.74 Å². The summed E-state index contributed by atoms with van der Waals surface area (Å²) in [6.45, 7) is 0. The maximum Gasteiger partial charge on any atom is 0.338 e. The number of quaternary nitrogens is 1. The van der Waals surface area contributed by atoms with Crippen LogP contribution in [0.4, 0.5) is 14.5 Å². The number of benzene rings is 1. The lowest BCUT2D eigenvalue weighted by Crippen LogP contribution is -2.73. The van der Waals surface area contributed by atoms with Crippen LogP contribution in [0.2, 0.25) is 0 Å². The van der Waals surface area contributed by atoms with E-state index in [1.165, 1.54) is 16.9 Å². The highest BCUT2D eigenvalue weighted by Gasteiger charge is 2.36. The molecule has 8 heteroatoms. The smallest absolute Gasteiger partial charge is 0.338 e. The summed E-state index contributed by atoms with van der Waals surface area (Å²) in [7, 11) is 0. The fourth-order valence-corrected chi connectivity index (χ4v) is 2.56. The Morgan fingerprint density at radius 2 is 2.00 bits per heavy atom. The highest BCUT2D eigenvalue weighted by Crippen LogP contribution is 2.37.